The monoisotopic (exact) mass is 206 g/mol. The quantitative estimate of drug-likeness (QED) is 0.558. The molecule has 0 unspecified atom stereocenters. The van der Waals surface area contributed by atoms with Crippen molar-refractivity contribution in [2.45, 2.75) is 44.3 Å². The Bertz CT molecular complexity index is 125. The molecule has 5 heteroatoms. The van der Waals surface area contributed by atoms with Crippen LogP contribution in [0.5, 0.6) is 0 Å². The van der Waals surface area contributed by atoms with Crippen molar-refractivity contribution in [1.82, 2.24) is 0 Å². The Kier molecular flexibility index (Phi) is 4.12. The molecule has 0 radical (unpaired) electrons. The van der Waals surface area contributed by atoms with Crippen molar-refractivity contribution in [1.29, 1.82) is 0 Å². The fraction of sp³-hybridized carbons (Fsp3) is 1.00. The lowest BCUT2D eigenvalue weighted by atomic mass is 9.87. The van der Waals surface area contributed by atoms with E-state index in [-0.39, 0.29) is 11.1 Å². The van der Waals surface area contributed by atoms with Crippen LogP contribution in [-0.4, -0.2) is 31.3 Å². The second-order valence-electron chi connectivity index (χ2n) is 4.65. The first kappa shape index (κ1) is 12.3. The topological polar surface area (TPSA) is 61.3 Å². The summed E-state index contributed by atoms with van der Waals surface area (Å²) in [5.74, 6) is 0. The first-order valence-corrected chi connectivity index (χ1v) is 6.47. The SMILES string of the molecule is CC(C)(N)C([SiH2]O[SiH3])C(C)(C)N. The first-order valence-electron chi connectivity index (χ1n) is 4.26. The highest BCUT2D eigenvalue weighted by atomic mass is 28.3. The third-order valence-electron chi connectivity index (χ3n) is 2.13. The molecule has 0 aromatic carbocycles. The van der Waals surface area contributed by atoms with Crippen LogP contribution in [0.15, 0.2) is 0 Å². The maximum Gasteiger partial charge on any atom is 0.152 e. The van der Waals surface area contributed by atoms with Gasteiger partial charge < -0.3 is 15.6 Å². The molecule has 0 saturated carbocycles. The van der Waals surface area contributed by atoms with Crippen molar-refractivity contribution < 1.29 is 4.12 Å². The third-order valence-corrected chi connectivity index (χ3v) is 5.90. The minimum absolute atomic E-state index is 0.213. The average molecular weight is 206 g/mol. The Morgan fingerprint density at radius 1 is 1.17 bits per heavy atom. The van der Waals surface area contributed by atoms with Gasteiger partial charge in [0.1, 0.15) is 10.5 Å². The lowest BCUT2D eigenvalue weighted by molar-refractivity contribution is 0.335. The Morgan fingerprint density at radius 2 is 1.50 bits per heavy atom. The summed E-state index contributed by atoms with van der Waals surface area (Å²) in [6.07, 6.45) is 0. The maximum absolute atomic E-state index is 6.04. The molecule has 74 valence electrons. The summed E-state index contributed by atoms with van der Waals surface area (Å²) in [7, 11) is 0.244. The standard InChI is InChI=1S/C7H22N2OSi2/c1-6(2,8)5(12-10-11)7(3,4)9/h5H,8-9,12H2,1-4,11H3. The fourth-order valence-corrected chi connectivity index (χ4v) is 3.75. The molecule has 0 rings (SSSR count). The van der Waals surface area contributed by atoms with Crippen LogP contribution in [0.3, 0.4) is 0 Å². The largest absolute Gasteiger partial charge is 0.468 e. The molecule has 0 aliphatic heterocycles. The normalized spacial score (nSPS) is 15.2. The highest BCUT2D eigenvalue weighted by Crippen LogP contribution is 2.29. The molecule has 0 bridgehead atoms. The molecular weight excluding hydrogens is 184 g/mol. The minimum atomic E-state index is -0.561. The van der Waals surface area contributed by atoms with Gasteiger partial charge in [-0.05, 0) is 27.7 Å². The summed E-state index contributed by atoms with van der Waals surface area (Å²) in [5, 5.41) is 0. The van der Waals surface area contributed by atoms with Gasteiger partial charge in [-0.1, -0.05) is 0 Å². The van der Waals surface area contributed by atoms with Crippen molar-refractivity contribution in [3.05, 3.63) is 0 Å². The molecule has 0 aliphatic rings. The highest BCUT2D eigenvalue weighted by Gasteiger charge is 2.35. The van der Waals surface area contributed by atoms with Crippen LogP contribution in [0.4, 0.5) is 0 Å². The molecule has 0 saturated heterocycles. The molecule has 12 heavy (non-hydrogen) atoms. The number of nitrogens with two attached hydrogens (primary N) is 2. The van der Waals surface area contributed by atoms with Crippen LogP contribution in [0.1, 0.15) is 27.7 Å². The summed E-state index contributed by atoms with van der Waals surface area (Å²) in [5.41, 5.74) is 12.0. The van der Waals surface area contributed by atoms with Crippen LogP contribution in [-0.2, 0) is 4.12 Å². The van der Waals surface area contributed by atoms with E-state index in [1.54, 1.807) is 0 Å². The van der Waals surface area contributed by atoms with Gasteiger partial charge in [0.25, 0.3) is 0 Å². The molecule has 0 heterocycles. The predicted octanol–water partition coefficient (Wildman–Crippen LogP) is -1.37. The van der Waals surface area contributed by atoms with Crippen LogP contribution in [0.25, 0.3) is 0 Å². The zero-order chi connectivity index (χ0) is 9.99. The summed E-state index contributed by atoms with van der Waals surface area (Å²) >= 11 is 0. The zero-order valence-corrected chi connectivity index (χ0v) is 12.3. The van der Waals surface area contributed by atoms with Gasteiger partial charge in [-0.2, -0.15) is 0 Å². The molecule has 0 amide bonds. The molecule has 3 nitrogen and oxygen atoms in total. The molecule has 0 fully saturated rings. The van der Waals surface area contributed by atoms with E-state index in [9.17, 15) is 0 Å². The zero-order valence-electron chi connectivity index (χ0n) is 8.85. The molecule has 0 spiro atoms. The molecular formula is C7H22N2OSi2. The van der Waals surface area contributed by atoms with Crippen molar-refractivity contribution in [3.63, 3.8) is 0 Å². The molecule has 0 aromatic rings. The Labute approximate surface area is 80.7 Å². The van der Waals surface area contributed by atoms with E-state index in [1.165, 1.54) is 0 Å². The average Bonchev–Trinajstić information content (AvgIpc) is 1.77. The lowest BCUT2D eigenvalue weighted by Crippen LogP contribution is -2.54. The van der Waals surface area contributed by atoms with E-state index in [0.717, 1.165) is 10.5 Å². The van der Waals surface area contributed by atoms with E-state index < -0.39 is 9.76 Å². The summed E-state index contributed by atoms with van der Waals surface area (Å²) in [6, 6.07) is 0. The van der Waals surface area contributed by atoms with E-state index in [0.29, 0.717) is 5.54 Å². The number of hydrogen-bond acceptors (Lipinski definition) is 3. The number of rotatable bonds is 4. The molecule has 0 aliphatic carbocycles. The van der Waals surface area contributed by atoms with Gasteiger partial charge in [0.05, 0.1) is 0 Å². The van der Waals surface area contributed by atoms with Crippen molar-refractivity contribution >= 4 is 20.2 Å². The fourth-order valence-electron chi connectivity index (χ4n) is 1.56. The molecule has 0 atom stereocenters. The number of hydrogen-bond donors (Lipinski definition) is 2. The Balaban J connectivity index is 4.45. The van der Waals surface area contributed by atoms with E-state index in [2.05, 4.69) is 0 Å². The molecule has 0 aromatic heterocycles. The third kappa shape index (κ3) is 3.82. The van der Waals surface area contributed by atoms with Crippen LogP contribution < -0.4 is 11.5 Å². The summed E-state index contributed by atoms with van der Waals surface area (Å²) < 4.78 is 5.37. The van der Waals surface area contributed by atoms with Crippen LogP contribution in [0, 0.1) is 0 Å². The predicted molar refractivity (Wildman–Crippen MR) is 59.9 cm³/mol. The van der Waals surface area contributed by atoms with Gasteiger partial charge in [0.2, 0.25) is 0 Å². The van der Waals surface area contributed by atoms with Crippen molar-refractivity contribution in [2.75, 3.05) is 0 Å². The highest BCUT2D eigenvalue weighted by molar-refractivity contribution is 6.37. The van der Waals surface area contributed by atoms with Crippen LogP contribution in [0.2, 0.25) is 5.54 Å². The van der Waals surface area contributed by atoms with E-state index in [1.807, 2.05) is 27.7 Å². The second-order valence-corrected chi connectivity index (χ2v) is 8.11. The lowest BCUT2D eigenvalue weighted by Gasteiger charge is -2.39. The Morgan fingerprint density at radius 3 is 1.58 bits per heavy atom. The first-order chi connectivity index (χ1) is 5.19. The molecule has 4 N–H and O–H groups in total. The smallest absolute Gasteiger partial charge is 0.152 e. The van der Waals surface area contributed by atoms with Gasteiger partial charge in [0, 0.05) is 16.6 Å². The van der Waals surface area contributed by atoms with Gasteiger partial charge in [0.15, 0.2) is 9.76 Å². The Hall–Kier alpha value is 0.314. The van der Waals surface area contributed by atoms with E-state index >= 15 is 0 Å². The van der Waals surface area contributed by atoms with Gasteiger partial charge in [-0.25, -0.2) is 0 Å². The summed E-state index contributed by atoms with van der Waals surface area (Å²) in [6.45, 7) is 8.11. The van der Waals surface area contributed by atoms with Gasteiger partial charge in [-0.3, -0.25) is 0 Å². The summed E-state index contributed by atoms with van der Waals surface area (Å²) in [4.78, 5) is 0. The van der Waals surface area contributed by atoms with Gasteiger partial charge >= 0.3 is 0 Å². The van der Waals surface area contributed by atoms with Crippen LogP contribution >= 0.6 is 0 Å². The van der Waals surface area contributed by atoms with Crippen molar-refractivity contribution in [3.8, 4) is 0 Å². The second kappa shape index (κ2) is 4.01. The van der Waals surface area contributed by atoms with Crippen molar-refractivity contribution in [2.24, 2.45) is 11.5 Å². The van der Waals surface area contributed by atoms with Gasteiger partial charge in [-0.15, -0.1) is 0 Å². The minimum Gasteiger partial charge on any atom is -0.468 e. The maximum atomic E-state index is 6.04. The van der Waals surface area contributed by atoms with E-state index in [4.69, 9.17) is 15.6 Å².